The highest BCUT2D eigenvalue weighted by molar-refractivity contribution is 5.86. The summed E-state index contributed by atoms with van der Waals surface area (Å²) in [5.74, 6) is -1.24. The average molecular weight is 275 g/mol. The van der Waals surface area contributed by atoms with E-state index < -0.39 is 12.0 Å². The first-order chi connectivity index (χ1) is 9.54. The Hall–Kier alpha value is -2.37. The molecule has 0 aliphatic rings. The van der Waals surface area contributed by atoms with Crippen LogP contribution in [0.1, 0.15) is 19.9 Å². The van der Waals surface area contributed by atoms with E-state index in [2.05, 4.69) is 4.98 Å². The van der Waals surface area contributed by atoms with Crippen molar-refractivity contribution < 1.29 is 14.7 Å². The number of likely N-dealkylation sites (N-methyl/N-ethyl adjacent to an activating group) is 1. The number of para-hydroxylation sites is 2. The molecule has 1 N–H and O–H groups in total. The summed E-state index contributed by atoms with van der Waals surface area (Å²) in [6.07, 6.45) is 1.61. The van der Waals surface area contributed by atoms with Gasteiger partial charge in [-0.25, -0.2) is 4.98 Å². The summed E-state index contributed by atoms with van der Waals surface area (Å²) in [7, 11) is 0. The maximum Gasteiger partial charge on any atom is 0.323 e. The van der Waals surface area contributed by atoms with Crippen molar-refractivity contribution in [1.82, 2.24) is 14.5 Å². The molecular formula is C14H17N3O3. The Morgan fingerprint density at radius 1 is 1.40 bits per heavy atom. The molecule has 0 aliphatic heterocycles. The minimum Gasteiger partial charge on any atom is -0.480 e. The molecule has 6 nitrogen and oxygen atoms in total. The van der Waals surface area contributed by atoms with Crippen LogP contribution in [0, 0.1) is 0 Å². The largest absolute Gasteiger partial charge is 0.480 e. The zero-order chi connectivity index (χ0) is 14.7. The SMILES string of the molecule is CCN(CC(=O)O)C(=O)C(C)n1cnc2ccccc21. The van der Waals surface area contributed by atoms with Gasteiger partial charge in [0.2, 0.25) is 5.91 Å². The number of fused-ring (bicyclic) bond motifs is 1. The molecule has 0 saturated heterocycles. The second-order valence-corrected chi connectivity index (χ2v) is 4.56. The van der Waals surface area contributed by atoms with Crippen molar-refractivity contribution in [3.05, 3.63) is 30.6 Å². The fraction of sp³-hybridized carbons (Fsp3) is 0.357. The maximum atomic E-state index is 12.4. The highest BCUT2D eigenvalue weighted by Crippen LogP contribution is 2.18. The Morgan fingerprint density at radius 3 is 2.75 bits per heavy atom. The molecule has 1 aromatic carbocycles. The molecule has 1 unspecified atom stereocenters. The molecule has 1 atom stereocenters. The van der Waals surface area contributed by atoms with Crippen LogP contribution in [0.3, 0.4) is 0 Å². The number of carbonyl (C=O) groups is 2. The van der Waals surface area contributed by atoms with Gasteiger partial charge in [-0.2, -0.15) is 0 Å². The number of benzene rings is 1. The molecule has 1 aromatic heterocycles. The molecule has 1 heterocycles. The molecule has 0 saturated carbocycles. The van der Waals surface area contributed by atoms with Crippen molar-refractivity contribution in [3.63, 3.8) is 0 Å². The predicted octanol–water partition coefficient (Wildman–Crippen LogP) is 1.53. The smallest absolute Gasteiger partial charge is 0.323 e. The molecule has 0 spiro atoms. The Morgan fingerprint density at radius 2 is 2.10 bits per heavy atom. The van der Waals surface area contributed by atoms with Crippen molar-refractivity contribution in [2.45, 2.75) is 19.9 Å². The molecule has 6 heteroatoms. The number of hydrogen-bond donors (Lipinski definition) is 1. The average Bonchev–Trinajstić information content (AvgIpc) is 2.87. The van der Waals surface area contributed by atoms with Gasteiger partial charge in [0, 0.05) is 6.54 Å². The Balaban J connectivity index is 2.28. The van der Waals surface area contributed by atoms with Crippen LogP contribution >= 0.6 is 0 Å². The number of rotatable bonds is 5. The molecule has 0 fully saturated rings. The normalized spacial score (nSPS) is 12.3. The van der Waals surface area contributed by atoms with Crippen molar-refractivity contribution in [3.8, 4) is 0 Å². The Labute approximate surface area is 116 Å². The lowest BCUT2D eigenvalue weighted by molar-refractivity contribution is -0.145. The van der Waals surface area contributed by atoms with Crippen LogP contribution in [0.5, 0.6) is 0 Å². The Kier molecular flexibility index (Phi) is 4.02. The third-order valence-electron chi connectivity index (χ3n) is 3.28. The van der Waals surface area contributed by atoms with Crippen LogP contribution in [-0.4, -0.2) is 44.5 Å². The quantitative estimate of drug-likeness (QED) is 0.898. The van der Waals surface area contributed by atoms with Gasteiger partial charge in [-0.3, -0.25) is 9.59 Å². The van der Waals surface area contributed by atoms with Crippen molar-refractivity contribution in [2.24, 2.45) is 0 Å². The second kappa shape index (κ2) is 5.73. The summed E-state index contributed by atoms with van der Waals surface area (Å²) >= 11 is 0. The summed E-state index contributed by atoms with van der Waals surface area (Å²) in [4.78, 5) is 28.7. The number of hydrogen-bond acceptors (Lipinski definition) is 3. The summed E-state index contributed by atoms with van der Waals surface area (Å²) in [6, 6.07) is 7.04. The van der Waals surface area contributed by atoms with Gasteiger partial charge < -0.3 is 14.6 Å². The number of aliphatic carboxylic acids is 1. The highest BCUT2D eigenvalue weighted by atomic mass is 16.4. The fourth-order valence-electron chi connectivity index (χ4n) is 2.18. The lowest BCUT2D eigenvalue weighted by Gasteiger charge is -2.23. The van der Waals surface area contributed by atoms with Crippen LogP contribution in [0.15, 0.2) is 30.6 Å². The molecule has 1 amide bonds. The van der Waals surface area contributed by atoms with Crippen LogP contribution in [0.4, 0.5) is 0 Å². The minimum atomic E-state index is -1.01. The van der Waals surface area contributed by atoms with Gasteiger partial charge in [-0.15, -0.1) is 0 Å². The summed E-state index contributed by atoms with van der Waals surface area (Å²) < 4.78 is 1.77. The van der Waals surface area contributed by atoms with E-state index >= 15 is 0 Å². The number of amides is 1. The summed E-state index contributed by atoms with van der Waals surface area (Å²) in [5.41, 5.74) is 1.67. The molecule has 0 bridgehead atoms. The van der Waals surface area contributed by atoms with Crippen LogP contribution < -0.4 is 0 Å². The van der Waals surface area contributed by atoms with Crippen LogP contribution in [-0.2, 0) is 9.59 Å². The molecule has 0 aliphatic carbocycles. The van der Waals surface area contributed by atoms with E-state index in [0.717, 1.165) is 11.0 Å². The molecule has 20 heavy (non-hydrogen) atoms. The van der Waals surface area contributed by atoms with Gasteiger partial charge in [0.25, 0.3) is 0 Å². The van der Waals surface area contributed by atoms with E-state index in [-0.39, 0.29) is 12.5 Å². The fourth-order valence-corrected chi connectivity index (χ4v) is 2.18. The molecule has 106 valence electrons. The standard InChI is InChI=1S/C14H17N3O3/c1-3-16(8-13(18)19)14(20)10(2)17-9-15-11-6-4-5-7-12(11)17/h4-7,9-10H,3,8H2,1-2H3,(H,18,19). The number of nitrogens with zero attached hydrogens (tertiary/aromatic N) is 3. The third kappa shape index (κ3) is 2.64. The van der Waals surface area contributed by atoms with Crippen LogP contribution in [0.2, 0.25) is 0 Å². The summed E-state index contributed by atoms with van der Waals surface area (Å²) in [6.45, 7) is 3.59. The zero-order valence-corrected chi connectivity index (χ0v) is 11.5. The Bertz CT molecular complexity index is 635. The lowest BCUT2D eigenvalue weighted by atomic mass is 10.2. The van der Waals surface area contributed by atoms with Gasteiger partial charge in [0.15, 0.2) is 0 Å². The number of carboxylic acid groups (broad SMARTS) is 1. The van der Waals surface area contributed by atoms with Gasteiger partial charge in [0.05, 0.1) is 17.4 Å². The summed E-state index contributed by atoms with van der Waals surface area (Å²) in [5, 5.41) is 8.83. The number of imidazole rings is 1. The predicted molar refractivity (Wildman–Crippen MR) is 74.3 cm³/mol. The highest BCUT2D eigenvalue weighted by Gasteiger charge is 2.23. The van der Waals surface area contributed by atoms with E-state index in [1.165, 1.54) is 4.90 Å². The van der Waals surface area contributed by atoms with E-state index in [4.69, 9.17) is 5.11 Å². The van der Waals surface area contributed by atoms with E-state index in [0.29, 0.717) is 6.54 Å². The van der Waals surface area contributed by atoms with Crippen molar-refractivity contribution >= 4 is 22.9 Å². The van der Waals surface area contributed by atoms with Gasteiger partial charge in [0.1, 0.15) is 12.6 Å². The number of carboxylic acids is 1. The molecule has 0 radical (unpaired) electrons. The van der Waals surface area contributed by atoms with E-state index in [9.17, 15) is 9.59 Å². The molecule has 2 aromatic rings. The van der Waals surface area contributed by atoms with Gasteiger partial charge in [-0.1, -0.05) is 12.1 Å². The first-order valence-corrected chi connectivity index (χ1v) is 6.46. The monoisotopic (exact) mass is 275 g/mol. The van der Waals surface area contributed by atoms with E-state index in [1.807, 2.05) is 24.3 Å². The zero-order valence-electron chi connectivity index (χ0n) is 11.5. The minimum absolute atomic E-state index is 0.224. The van der Waals surface area contributed by atoms with Crippen LogP contribution in [0.25, 0.3) is 11.0 Å². The molecule has 2 rings (SSSR count). The first-order valence-electron chi connectivity index (χ1n) is 6.46. The van der Waals surface area contributed by atoms with Gasteiger partial charge in [-0.05, 0) is 26.0 Å². The van der Waals surface area contributed by atoms with E-state index in [1.54, 1.807) is 24.7 Å². The second-order valence-electron chi connectivity index (χ2n) is 4.56. The molecular weight excluding hydrogens is 258 g/mol. The third-order valence-corrected chi connectivity index (χ3v) is 3.28. The van der Waals surface area contributed by atoms with Crippen molar-refractivity contribution in [1.29, 1.82) is 0 Å². The number of carbonyl (C=O) groups excluding carboxylic acids is 1. The first kappa shape index (κ1) is 14.0. The lowest BCUT2D eigenvalue weighted by Crippen LogP contribution is -2.39. The topological polar surface area (TPSA) is 75.4 Å². The number of aromatic nitrogens is 2. The van der Waals surface area contributed by atoms with Crippen molar-refractivity contribution in [2.75, 3.05) is 13.1 Å². The maximum absolute atomic E-state index is 12.4. The van der Waals surface area contributed by atoms with Gasteiger partial charge >= 0.3 is 5.97 Å².